The minimum atomic E-state index is -0.500. The van der Waals surface area contributed by atoms with Gasteiger partial charge in [0.05, 0.1) is 0 Å². The van der Waals surface area contributed by atoms with Gasteiger partial charge >= 0.3 is 0 Å². The van der Waals surface area contributed by atoms with Gasteiger partial charge in [0.1, 0.15) is 5.92 Å². The molecule has 0 radical (unpaired) electrons. The fourth-order valence-corrected chi connectivity index (χ4v) is 2.56. The molecule has 4 heteroatoms. The normalized spacial score (nSPS) is 22.7. The quantitative estimate of drug-likeness (QED) is 0.838. The van der Waals surface area contributed by atoms with Crippen LogP contribution < -0.4 is 10.2 Å². The van der Waals surface area contributed by atoms with Crippen molar-refractivity contribution in [3.05, 3.63) is 29.8 Å². The van der Waals surface area contributed by atoms with E-state index in [1.54, 1.807) is 4.90 Å². The Kier molecular flexibility index (Phi) is 3.01. The second-order valence-corrected chi connectivity index (χ2v) is 5.40. The molecule has 2 fully saturated rings. The van der Waals surface area contributed by atoms with Gasteiger partial charge in [-0.05, 0) is 37.8 Å². The Morgan fingerprint density at radius 2 is 2.00 bits per heavy atom. The van der Waals surface area contributed by atoms with Crippen LogP contribution in [0.2, 0.25) is 0 Å². The molecule has 2 aliphatic rings. The molecule has 1 atom stereocenters. The van der Waals surface area contributed by atoms with E-state index in [9.17, 15) is 9.59 Å². The summed E-state index contributed by atoms with van der Waals surface area (Å²) < 4.78 is 0. The van der Waals surface area contributed by atoms with Crippen LogP contribution in [0.25, 0.3) is 0 Å². The van der Waals surface area contributed by atoms with Crippen LogP contribution in [0, 0.1) is 12.8 Å². The van der Waals surface area contributed by atoms with E-state index in [2.05, 4.69) is 5.32 Å². The molecular weight excluding hydrogens is 240 g/mol. The number of carbonyl (C=O) groups excluding carboxylic acids is 2. The first-order chi connectivity index (χ1) is 9.16. The first-order valence-corrected chi connectivity index (χ1v) is 6.84. The molecule has 1 saturated carbocycles. The summed E-state index contributed by atoms with van der Waals surface area (Å²) in [5.41, 5.74) is 1.99. The molecule has 1 N–H and O–H groups in total. The van der Waals surface area contributed by atoms with E-state index in [1.807, 2.05) is 31.2 Å². The molecule has 1 aliphatic heterocycles. The van der Waals surface area contributed by atoms with Gasteiger partial charge in [0, 0.05) is 18.3 Å². The third-order valence-corrected chi connectivity index (χ3v) is 3.85. The van der Waals surface area contributed by atoms with Gasteiger partial charge in [-0.1, -0.05) is 18.2 Å². The van der Waals surface area contributed by atoms with E-state index in [1.165, 1.54) is 0 Å². The van der Waals surface area contributed by atoms with Crippen LogP contribution in [0.5, 0.6) is 0 Å². The number of rotatable bonds is 3. The topological polar surface area (TPSA) is 49.4 Å². The van der Waals surface area contributed by atoms with E-state index in [0.717, 1.165) is 24.1 Å². The smallest absolute Gasteiger partial charge is 0.239 e. The fraction of sp³-hybridized carbons (Fsp3) is 0.467. The highest BCUT2D eigenvalue weighted by Crippen LogP contribution is 2.28. The van der Waals surface area contributed by atoms with Gasteiger partial charge in [-0.25, -0.2) is 0 Å². The molecule has 1 unspecified atom stereocenters. The summed E-state index contributed by atoms with van der Waals surface area (Å²) in [6, 6.07) is 8.12. The predicted octanol–water partition coefficient (Wildman–Crippen LogP) is 1.63. The lowest BCUT2D eigenvalue weighted by atomic mass is 10.1. The van der Waals surface area contributed by atoms with Crippen LogP contribution in [-0.4, -0.2) is 24.4 Å². The second-order valence-electron chi connectivity index (χ2n) is 5.40. The molecule has 4 nitrogen and oxygen atoms in total. The average molecular weight is 258 g/mol. The maximum absolute atomic E-state index is 12.4. The zero-order chi connectivity index (χ0) is 13.4. The van der Waals surface area contributed by atoms with Crippen LogP contribution in [-0.2, 0) is 9.59 Å². The van der Waals surface area contributed by atoms with E-state index >= 15 is 0 Å². The number of anilines is 1. The van der Waals surface area contributed by atoms with Crippen molar-refractivity contribution in [1.29, 1.82) is 0 Å². The molecule has 0 aromatic heterocycles. The summed E-state index contributed by atoms with van der Waals surface area (Å²) in [5, 5.41) is 2.93. The van der Waals surface area contributed by atoms with Gasteiger partial charge in [-0.15, -0.1) is 0 Å². The highest BCUT2D eigenvalue weighted by Gasteiger charge is 2.39. The first kappa shape index (κ1) is 12.2. The number of amides is 2. The number of para-hydroxylation sites is 1. The molecule has 1 aromatic carbocycles. The van der Waals surface area contributed by atoms with Crippen molar-refractivity contribution < 1.29 is 9.59 Å². The van der Waals surface area contributed by atoms with Crippen LogP contribution in [0.4, 0.5) is 5.69 Å². The van der Waals surface area contributed by atoms with Crippen molar-refractivity contribution in [1.82, 2.24) is 5.32 Å². The Bertz CT molecular complexity index is 523. The molecule has 1 saturated heterocycles. The fourth-order valence-electron chi connectivity index (χ4n) is 2.56. The van der Waals surface area contributed by atoms with Gasteiger partial charge < -0.3 is 10.2 Å². The minimum Gasteiger partial charge on any atom is -0.353 e. The largest absolute Gasteiger partial charge is 0.353 e. The Labute approximate surface area is 112 Å². The van der Waals surface area contributed by atoms with Crippen LogP contribution in [0.1, 0.15) is 24.8 Å². The third-order valence-electron chi connectivity index (χ3n) is 3.85. The highest BCUT2D eigenvalue weighted by molar-refractivity contribution is 6.10. The number of nitrogens with zero attached hydrogens (tertiary/aromatic N) is 1. The SMILES string of the molecule is Cc1ccccc1N1CCC(C(=O)NC2CC2)C1=O. The lowest BCUT2D eigenvalue weighted by Crippen LogP contribution is -2.37. The maximum atomic E-state index is 12.4. The van der Waals surface area contributed by atoms with Crippen LogP contribution >= 0.6 is 0 Å². The van der Waals surface area contributed by atoms with Gasteiger partial charge in [-0.2, -0.15) is 0 Å². The van der Waals surface area contributed by atoms with E-state index in [-0.39, 0.29) is 11.8 Å². The molecule has 2 amide bonds. The number of hydrogen-bond acceptors (Lipinski definition) is 2. The summed E-state index contributed by atoms with van der Waals surface area (Å²) in [6.45, 7) is 2.62. The number of carbonyl (C=O) groups is 2. The molecule has 100 valence electrons. The van der Waals surface area contributed by atoms with Crippen molar-refractivity contribution in [3.8, 4) is 0 Å². The summed E-state index contributed by atoms with van der Waals surface area (Å²) in [5.74, 6) is -0.656. The van der Waals surface area contributed by atoms with E-state index < -0.39 is 5.92 Å². The Morgan fingerprint density at radius 3 is 2.68 bits per heavy atom. The first-order valence-electron chi connectivity index (χ1n) is 6.84. The third kappa shape index (κ3) is 2.35. The highest BCUT2D eigenvalue weighted by atomic mass is 16.2. The van der Waals surface area contributed by atoms with Crippen molar-refractivity contribution >= 4 is 17.5 Å². The zero-order valence-corrected chi connectivity index (χ0v) is 11.1. The van der Waals surface area contributed by atoms with Gasteiger partial charge in [0.15, 0.2) is 0 Å². The molecule has 1 heterocycles. The van der Waals surface area contributed by atoms with E-state index in [4.69, 9.17) is 0 Å². The molecule has 19 heavy (non-hydrogen) atoms. The lowest BCUT2D eigenvalue weighted by molar-refractivity contribution is -0.132. The number of aryl methyl sites for hydroxylation is 1. The van der Waals surface area contributed by atoms with Crippen molar-refractivity contribution in [2.24, 2.45) is 5.92 Å². The van der Waals surface area contributed by atoms with Crippen LogP contribution in [0.15, 0.2) is 24.3 Å². The summed E-state index contributed by atoms with van der Waals surface area (Å²) in [4.78, 5) is 26.1. The van der Waals surface area contributed by atoms with Crippen molar-refractivity contribution in [2.45, 2.75) is 32.2 Å². The summed E-state index contributed by atoms with van der Waals surface area (Å²) in [6.07, 6.45) is 2.72. The Morgan fingerprint density at radius 1 is 1.26 bits per heavy atom. The standard InChI is InChI=1S/C15H18N2O2/c1-10-4-2-3-5-13(10)17-9-8-12(15(17)19)14(18)16-11-6-7-11/h2-5,11-12H,6-9H2,1H3,(H,16,18). The predicted molar refractivity (Wildman–Crippen MR) is 72.8 cm³/mol. The minimum absolute atomic E-state index is 0.0625. The number of hydrogen-bond donors (Lipinski definition) is 1. The zero-order valence-electron chi connectivity index (χ0n) is 11.1. The van der Waals surface area contributed by atoms with E-state index in [0.29, 0.717) is 19.0 Å². The van der Waals surface area contributed by atoms with Crippen LogP contribution in [0.3, 0.4) is 0 Å². The van der Waals surface area contributed by atoms with Crippen molar-refractivity contribution in [2.75, 3.05) is 11.4 Å². The maximum Gasteiger partial charge on any atom is 0.239 e. The average Bonchev–Trinajstić information content (AvgIpc) is 3.12. The molecule has 0 spiro atoms. The Balaban J connectivity index is 1.74. The number of benzene rings is 1. The van der Waals surface area contributed by atoms with Gasteiger partial charge in [0.2, 0.25) is 11.8 Å². The second kappa shape index (κ2) is 4.68. The lowest BCUT2D eigenvalue weighted by Gasteiger charge is -2.18. The van der Waals surface area contributed by atoms with Gasteiger partial charge in [-0.3, -0.25) is 9.59 Å². The molecule has 1 aliphatic carbocycles. The molecular formula is C15H18N2O2. The molecule has 0 bridgehead atoms. The molecule has 3 rings (SSSR count). The summed E-state index contributed by atoms with van der Waals surface area (Å²) in [7, 11) is 0. The monoisotopic (exact) mass is 258 g/mol. The summed E-state index contributed by atoms with van der Waals surface area (Å²) >= 11 is 0. The van der Waals surface area contributed by atoms with Crippen molar-refractivity contribution in [3.63, 3.8) is 0 Å². The number of nitrogens with one attached hydrogen (secondary N) is 1. The molecule has 1 aromatic rings. The Hall–Kier alpha value is -1.84. The van der Waals surface area contributed by atoms with Gasteiger partial charge in [0.25, 0.3) is 0 Å².